The molecule has 2 amide bonds. The predicted molar refractivity (Wildman–Crippen MR) is 99.8 cm³/mol. The lowest BCUT2D eigenvalue weighted by Crippen LogP contribution is -2.47. The number of esters is 1. The maximum atomic E-state index is 12.4. The summed E-state index contributed by atoms with van der Waals surface area (Å²) >= 11 is 0. The maximum Gasteiger partial charge on any atom is 0.306 e. The highest BCUT2D eigenvalue weighted by Crippen LogP contribution is 2.61. The molecule has 144 valence electrons. The number of rotatable bonds is 6. The van der Waals surface area contributed by atoms with Crippen LogP contribution in [0.5, 0.6) is 0 Å². The van der Waals surface area contributed by atoms with Crippen molar-refractivity contribution < 1.29 is 19.1 Å². The maximum absolute atomic E-state index is 12.4. The van der Waals surface area contributed by atoms with Crippen molar-refractivity contribution in [3.8, 4) is 0 Å². The summed E-state index contributed by atoms with van der Waals surface area (Å²) in [5.74, 6) is 1.19. The van der Waals surface area contributed by atoms with Gasteiger partial charge in [-0.05, 0) is 86.0 Å². The summed E-state index contributed by atoms with van der Waals surface area (Å²) in [6, 6.07) is 6.26. The number of ether oxygens (including phenoxy) is 1. The number of nitrogens with two attached hydrogens (primary N) is 1. The van der Waals surface area contributed by atoms with Crippen LogP contribution in [0.1, 0.15) is 55.3 Å². The standard InChI is InChI=1S/C21H26N2O4/c22-20(26)16-1-3-17(4-2-16)23-18(24)12-27-19(25)11-21-8-13-5-14(9-21)7-15(6-13)10-21/h1-4,13-15H,5-12H2,(H2,22,26)(H,23,24). The Morgan fingerprint density at radius 3 is 2.07 bits per heavy atom. The lowest BCUT2D eigenvalue weighted by molar-refractivity contribution is -0.154. The van der Waals surface area contributed by atoms with E-state index in [1.165, 1.54) is 31.4 Å². The van der Waals surface area contributed by atoms with Gasteiger partial charge >= 0.3 is 5.97 Å². The fourth-order valence-corrected chi connectivity index (χ4v) is 5.92. The first-order chi connectivity index (χ1) is 12.9. The normalized spacial score (nSPS) is 30.7. The molecule has 0 heterocycles. The van der Waals surface area contributed by atoms with E-state index in [0.29, 0.717) is 17.7 Å². The Morgan fingerprint density at radius 1 is 1.00 bits per heavy atom. The molecular formula is C21H26N2O4. The fraction of sp³-hybridized carbons (Fsp3) is 0.571. The van der Waals surface area contributed by atoms with Gasteiger partial charge in [0, 0.05) is 11.3 Å². The third-order valence-electron chi connectivity index (χ3n) is 6.50. The summed E-state index contributed by atoms with van der Waals surface area (Å²) in [5, 5.41) is 2.65. The summed E-state index contributed by atoms with van der Waals surface area (Å²) in [4.78, 5) is 35.4. The van der Waals surface area contributed by atoms with Crippen LogP contribution in [0.15, 0.2) is 24.3 Å². The Morgan fingerprint density at radius 2 is 1.56 bits per heavy atom. The molecule has 4 aliphatic carbocycles. The summed E-state index contributed by atoms with van der Waals surface area (Å²) in [6.45, 7) is -0.289. The van der Waals surface area contributed by atoms with Crippen molar-refractivity contribution >= 4 is 23.5 Å². The van der Waals surface area contributed by atoms with E-state index in [2.05, 4.69) is 5.32 Å². The molecule has 0 saturated heterocycles. The Kier molecular flexibility index (Phi) is 4.66. The lowest BCUT2D eigenvalue weighted by atomic mass is 9.49. The average molecular weight is 370 g/mol. The van der Waals surface area contributed by atoms with Crippen LogP contribution >= 0.6 is 0 Å². The molecule has 6 heteroatoms. The number of carbonyl (C=O) groups excluding carboxylic acids is 3. The van der Waals surface area contributed by atoms with Crippen molar-refractivity contribution in [1.29, 1.82) is 0 Å². The van der Waals surface area contributed by atoms with E-state index >= 15 is 0 Å². The first kappa shape index (κ1) is 18.0. The number of anilines is 1. The summed E-state index contributed by atoms with van der Waals surface area (Å²) in [7, 11) is 0. The van der Waals surface area contributed by atoms with Crippen LogP contribution in [-0.2, 0) is 14.3 Å². The van der Waals surface area contributed by atoms with Crippen molar-refractivity contribution in [2.45, 2.75) is 44.9 Å². The minimum absolute atomic E-state index is 0.118. The highest BCUT2D eigenvalue weighted by atomic mass is 16.5. The van der Waals surface area contributed by atoms with Gasteiger partial charge in [0.2, 0.25) is 5.91 Å². The molecule has 4 aliphatic rings. The van der Waals surface area contributed by atoms with Gasteiger partial charge < -0.3 is 15.8 Å². The van der Waals surface area contributed by atoms with Crippen LogP contribution in [0, 0.1) is 23.2 Å². The number of primary amides is 1. The van der Waals surface area contributed by atoms with E-state index in [-0.39, 0.29) is 23.9 Å². The second-order valence-electron chi connectivity index (χ2n) is 8.74. The topological polar surface area (TPSA) is 98.5 Å². The molecule has 0 aliphatic heterocycles. The number of hydrogen-bond donors (Lipinski definition) is 2. The van der Waals surface area contributed by atoms with Gasteiger partial charge in [-0.2, -0.15) is 0 Å². The minimum atomic E-state index is -0.522. The number of amides is 2. The van der Waals surface area contributed by atoms with E-state index in [4.69, 9.17) is 10.5 Å². The van der Waals surface area contributed by atoms with Crippen molar-refractivity contribution in [3.05, 3.63) is 29.8 Å². The van der Waals surface area contributed by atoms with Gasteiger partial charge in [0.1, 0.15) is 0 Å². The van der Waals surface area contributed by atoms with E-state index in [0.717, 1.165) is 37.0 Å². The van der Waals surface area contributed by atoms with Gasteiger partial charge in [0.25, 0.3) is 5.91 Å². The van der Waals surface area contributed by atoms with Crippen LogP contribution in [0.3, 0.4) is 0 Å². The molecule has 0 atom stereocenters. The van der Waals surface area contributed by atoms with Gasteiger partial charge in [-0.3, -0.25) is 14.4 Å². The quantitative estimate of drug-likeness (QED) is 0.752. The zero-order valence-corrected chi connectivity index (χ0v) is 15.4. The number of benzene rings is 1. The molecule has 0 aromatic heterocycles. The molecule has 1 aromatic rings. The monoisotopic (exact) mass is 370 g/mol. The van der Waals surface area contributed by atoms with Crippen LogP contribution in [0.25, 0.3) is 0 Å². The molecule has 0 unspecified atom stereocenters. The third kappa shape index (κ3) is 3.99. The summed E-state index contributed by atoms with van der Waals surface area (Å²) in [5.41, 5.74) is 6.20. The molecule has 4 bridgehead atoms. The zero-order chi connectivity index (χ0) is 19.0. The lowest BCUT2D eigenvalue weighted by Gasteiger charge is -2.56. The van der Waals surface area contributed by atoms with Gasteiger partial charge in [0.05, 0.1) is 6.42 Å². The first-order valence-electron chi connectivity index (χ1n) is 9.76. The number of hydrogen-bond acceptors (Lipinski definition) is 4. The average Bonchev–Trinajstić information content (AvgIpc) is 2.59. The Hall–Kier alpha value is -2.37. The number of nitrogens with one attached hydrogen (secondary N) is 1. The summed E-state index contributed by atoms with van der Waals surface area (Å²) < 4.78 is 5.25. The highest BCUT2D eigenvalue weighted by Gasteiger charge is 2.51. The largest absolute Gasteiger partial charge is 0.456 e. The van der Waals surface area contributed by atoms with Gasteiger partial charge in [-0.25, -0.2) is 0 Å². The van der Waals surface area contributed by atoms with Crippen molar-refractivity contribution in [3.63, 3.8) is 0 Å². The molecule has 1 aromatic carbocycles. The van der Waals surface area contributed by atoms with Crippen LogP contribution in [-0.4, -0.2) is 24.4 Å². The molecule has 6 nitrogen and oxygen atoms in total. The Bertz CT molecular complexity index is 721. The van der Waals surface area contributed by atoms with E-state index in [1.807, 2.05) is 0 Å². The SMILES string of the molecule is NC(=O)c1ccc(NC(=O)COC(=O)CC23CC4CC(CC(C4)C2)C3)cc1. The van der Waals surface area contributed by atoms with Crippen molar-refractivity contribution in [1.82, 2.24) is 0 Å². The van der Waals surface area contributed by atoms with Gasteiger partial charge in [0.15, 0.2) is 6.61 Å². The fourth-order valence-electron chi connectivity index (χ4n) is 5.92. The second kappa shape index (κ2) is 6.98. The van der Waals surface area contributed by atoms with Gasteiger partial charge in [-0.1, -0.05) is 0 Å². The van der Waals surface area contributed by atoms with Crippen molar-refractivity contribution in [2.24, 2.45) is 28.9 Å². The van der Waals surface area contributed by atoms with E-state index in [9.17, 15) is 14.4 Å². The smallest absolute Gasteiger partial charge is 0.306 e. The minimum Gasteiger partial charge on any atom is -0.456 e. The Balaban J connectivity index is 1.25. The predicted octanol–water partition coefficient (Wildman–Crippen LogP) is 2.87. The van der Waals surface area contributed by atoms with Crippen LogP contribution in [0.4, 0.5) is 5.69 Å². The molecule has 0 radical (unpaired) electrons. The third-order valence-corrected chi connectivity index (χ3v) is 6.50. The molecule has 4 fully saturated rings. The molecule has 4 saturated carbocycles. The number of carbonyl (C=O) groups is 3. The second-order valence-corrected chi connectivity index (χ2v) is 8.74. The molecule has 27 heavy (non-hydrogen) atoms. The summed E-state index contributed by atoms with van der Waals surface area (Å²) in [6.07, 6.45) is 7.89. The van der Waals surface area contributed by atoms with E-state index < -0.39 is 5.91 Å². The van der Waals surface area contributed by atoms with Crippen molar-refractivity contribution in [2.75, 3.05) is 11.9 Å². The van der Waals surface area contributed by atoms with Crippen LogP contribution < -0.4 is 11.1 Å². The molecule has 0 spiro atoms. The first-order valence-corrected chi connectivity index (χ1v) is 9.76. The van der Waals surface area contributed by atoms with Crippen LogP contribution in [0.2, 0.25) is 0 Å². The molecule has 5 rings (SSSR count). The Labute approximate surface area is 158 Å². The highest BCUT2D eigenvalue weighted by molar-refractivity contribution is 5.95. The molecule has 3 N–H and O–H groups in total. The van der Waals surface area contributed by atoms with Gasteiger partial charge in [-0.15, -0.1) is 0 Å². The van der Waals surface area contributed by atoms with E-state index in [1.54, 1.807) is 12.1 Å². The molecular weight excluding hydrogens is 344 g/mol. The zero-order valence-electron chi connectivity index (χ0n) is 15.4.